The van der Waals surface area contributed by atoms with Gasteiger partial charge < -0.3 is 20.1 Å². The second-order valence-corrected chi connectivity index (χ2v) is 5.20. The summed E-state index contributed by atoms with van der Waals surface area (Å²) in [7, 11) is 0. The number of fused-ring (bicyclic) bond motifs is 1. The molecular formula is C15H21ClN2O3. The van der Waals surface area contributed by atoms with Crippen molar-refractivity contribution in [2.24, 2.45) is 0 Å². The predicted molar refractivity (Wildman–Crippen MR) is 81.9 cm³/mol. The third-order valence-corrected chi connectivity index (χ3v) is 3.71. The third kappa shape index (κ3) is 4.09. The highest BCUT2D eigenvalue weighted by atomic mass is 35.5. The van der Waals surface area contributed by atoms with E-state index in [1.54, 1.807) is 0 Å². The van der Waals surface area contributed by atoms with E-state index in [0.717, 1.165) is 30.8 Å². The van der Waals surface area contributed by atoms with Crippen LogP contribution < -0.4 is 15.4 Å². The lowest BCUT2D eigenvalue weighted by Crippen LogP contribution is -2.42. The van der Waals surface area contributed by atoms with Gasteiger partial charge in [0.05, 0.1) is 31.8 Å². The molecule has 2 N–H and O–H groups in total. The standard InChI is InChI=1S/C15H20N2O3.ClH/c18-15(9-11-10-16-6-8-19-11)17-13-5-7-20-14-4-2-1-3-12(13)14;/h1-4,11,13,16H,5-10H2,(H,17,18);1H. The topological polar surface area (TPSA) is 59.6 Å². The molecule has 0 radical (unpaired) electrons. The van der Waals surface area contributed by atoms with E-state index in [4.69, 9.17) is 9.47 Å². The minimum absolute atomic E-state index is 0. The Kier molecular flexibility index (Phi) is 5.85. The summed E-state index contributed by atoms with van der Waals surface area (Å²) < 4.78 is 11.2. The fraction of sp³-hybridized carbons (Fsp3) is 0.533. The summed E-state index contributed by atoms with van der Waals surface area (Å²) in [4.78, 5) is 12.1. The second kappa shape index (κ2) is 7.64. The molecule has 2 aliphatic heterocycles. The smallest absolute Gasteiger partial charge is 0.223 e. The summed E-state index contributed by atoms with van der Waals surface area (Å²) in [6.07, 6.45) is 1.21. The zero-order valence-corrected chi connectivity index (χ0v) is 12.7. The lowest BCUT2D eigenvalue weighted by Gasteiger charge is -2.28. The minimum Gasteiger partial charge on any atom is -0.493 e. The summed E-state index contributed by atoms with van der Waals surface area (Å²) >= 11 is 0. The SMILES string of the molecule is Cl.O=C(CC1CNCCO1)NC1CCOc2ccccc21. The summed E-state index contributed by atoms with van der Waals surface area (Å²) in [5, 5.41) is 6.33. The molecular weight excluding hydrogens is 292 g/mol. The van der Waals surface area contributed by atoms with Crippen LogP contribution in [0.2, 0.25) is 0 Å². The fourth-order valence-electron chi connectivity index (χ4n) is 2.70. The Bertz CT molecular complexity index is 478. The van der Waals surface area contributed by atoms with Crippen molar-refractivity contribution in [1.82, 2.24) is 10.6 Å². The van der Waals surface area contributed by atoms with Gasteiger partial charge in [-0.15, -0.1) is 12.4 Å². The van der Waals surface area contributed by atoms with Gasteiger partial charge in [-0.05, 0) is 6.07 Å². The maximum atomic E-state index is 12.1. The number of ether oxygens (including phenoxy) is 2. The van der Waals surface area contributed by atoms with E-state index in [1.807, 2.05) is 24.3 Å². The number of carbonyl (C=O) groups excluding carboxylic acids is 1. The van der Waals surface area contributed by atoms with E-state index in [2.05, 4.69) is 10.6 Å². The molecule has 2 heterocycles. The lowest BCUT2D eigenvalue weighted by atomic mass is 10.0. The molecule has 5 nitrogen and oxygen atoms in total. The van der Waals surface area contributed by atoms with Gasteiger partial charge in [0.15, 0.2) is 0 Å². The summed E-state index contributed by atoms with van der Waals surface area (Å²) in [6.45, 7) is 2.94. The van der Waals surface area contributed by atoms with Crippen LogP contribution in [0.4, 0.5) is 0 Å². The molecule has 0 aliphatic carbocycles. The normalized spacial score (nSPS) is 24.2. The van der Waals surface area contributed by atoms with Gasteiger partial charge >= 0.3 is 0 Å². The number of hydrogen-bond acceptors (Lipinski definition) is 4. The Morgan fingerprint density at radius 2 is 2.19 bits per heavy atom. The molecule has 116 valence electrons. The Morgan fingerprint density at radius 3 is 3.00 bits per heavy atom. The minimum atomic E-state index is -0.0150. The highest BCUT2D eigenvalue weighted by Crippen LogP contribution is 2.31. The highest BCUT2D eigenvalue weighted by Gasteiger charge is 2.24. The van der Waals surface area contributed by atoms with E-state index in [0.29, 0.717) is 19.6 Å². The molecule has 0 spiro atoms. The third-order valence-electron chi connectivity index (χ3n) is 3.71. The van der Waals surface area contributed by atoms with Crippen molar-refractivity contribution in [3.05, 3.63) is 29.8 Å². The predicted octanol–water partition coefficient (Wildman–Crippen LogP) is 1.43. The van der Waals surface area contributed by atoms with Crippen LogP contribution in [0.25, 0.3) is 0 Å². The molecule has 0 bridgehead atoms. The van der Waals surface area contributed by atoms with Gasteiger partial charge in [-0.3, -0.25) is 4.79 Å². The van der Waals surface area contributed by atoms with Gasteiger partial charge in [-0.1, -0.05) is 18.2 Å². The molecule has 21 heavy (non-hydrogen) atoms. The van der Waals surface area contributed by atoms with Gasteiger partial charge in [-0.2, -0.15) is 0 Å². The molecule has 0 aromatic heterocycles. The maximum Gasteiger partial charge on any atom is 0.223 e. The van der Waals surface area contributed by atoms with Crippen molar-refractivity contribution in [1.29, 1.82) is 0 Å². The Balaban J connectivity index is 0.00000161. The molecule has 1 fully saturated rings. The number of morpholine rings is 1. The van der Waals surface area contributed by atoms with Crippen LogP contribution in [0.15, 0.2) is 24.3 Å². The number of benzene rings is 1. The van der Waals surface area contributed by atoms with Gasteiger partial charge in [0.1, 0.15) is 5.75 Å². The molecule has 3 rings (SSSR count). The lowest BCUT2D eigenvalue weighted by molar-refractivity contribution is -0.125. The van der Waals surface area contributed by atoms with E-state index < -0.39 is 0 Å². The second-order valence-electron chi connectivity index (χ2n) is 5.20. The summed E-state index contributed by atoms with van der Waals surface area (Å²) in [5.74, 6) is 0.917. The zero-order chi connectivity index (χ0) is 13.8. The maximum absolute atomic E-state index is 12.1. The van der Waals surface area contributed by atoms with Crippen molar-refractivity contribution in [3.8, 4) is 5.75 Å². The Morgan fingerprint density at radius 1 is 1.33 bits per heavy atom. The number of hydrogen-bond donors (Lipinski definition) is 2. The summed E-state index contributed by atoms with van der Waals surface area (Å²) in [5.41, 5.74) is 1.06. The monoisotopic (exact) mass is 312 g/mol. The number of carbonyl (C=O) groups is 1. The molecule has 1 saturated heterocycles. The number of amides is 1. The first-order valence-corrected chi connectivity index (χ1v) is 7.16. The van der Waals surface area contributed by atoms with E-state index in [9.17, 15) is 4.79 Å². The Hall–Kier alpha value is -1.30. The van der Waals surface area contributed by atoms with Gasteiger partial charge in [0, 0.05) is 25.1 Å². The molecule has 1 amide bonds. The van der Waals surface area contributed by atoms with Crippen LogP contribution in [-0.2, 0) is 9.53 Å². The number of halogens is 1. The molecule has 2 atom stereocenters. The van der Waals surface area contributed by atoms with Gasteiger partial charge in [0.2, 0.25) is 5.91 Å². The van der Waals surface area contributed by atoms with Crippen molar-refractivity contribution < 1.29 is 14.3 Å². The van der Waals surface area contributed by atoms with Crippen molar-refractivity contribution in [3.63, 3.8) is 0 Å². The van der Waals surface area contributed by atoms with Crippen molar-refractivity contribution in [2.45, 2.75) is 25.0 Å². The van der Waals surface area contributed by atoms with Crippen LogP contribution in [0.5, 0.6) is 5.75 Å². The zero-order valence-electron chi connectivity index (χ0n) is 11.8. The van der Waals surface area contributed by atoms with E-state index in [1.165, 1.54) is 0 Å². The molecule has 0 saturated carbocycles. The highest BCUT2D eigenvalue weighted by molar-refractivity contribution is 5.85. The molecule has 1 aromatic rings. The molecule has 1 aromatic carbocycles. The van der Waals surface area contributed by atoms with Crippen LogP contribution in [-0.4, -0.2) is 38.3 Å². The van der Waals surface area contributed by atoms with E-state index in [-0.39, 0.29) is 30.5 Å². The van der Waals surface area contributed by atoms with Gasteiger partial charge in [0.25, 0.3) is 0 Å². The average Bonchev–Trinajstić information content (AvgIpc) is 2.48. The number of nitrogens with one attached hydrogen (secondary N) is 2. The quantitative estimate of drug-likeness (QED) is 0.886. The van der Waals surface area contributed by atoms with E-state index >= 15 is 0 Å². The first-order chi connectivity index (χ1) is 9.83. The average molecular weight is 313 g/mol. The van der Waals surface area contributed by atoms with Crippen LogP contribution in [0.3, 0.4) is 0 Å². The summed E-state index contributed by atoms with van der Waals surface area (Å²) in [6, 6.07) is 7.93. The van der Waals surface area contributed by atoms with Crippen molar-refractivity contribution >= 4 is 18.3 Å². The van der Waals surface area contributed by atoms with Crippen LogP contribution in [0.1, 0.15) is 24.4 Å². The Labute approximate surface area is 130 Å². The first kappa shape index (κ1) is 16.1. The fourth-order valence-corrected chi connectivity index (χ4v) is 2.70. The van der Waals surface area contributed by atoms with Crippen LogP contribution in [0, 0.1) is 0 Å². The van der Waals surface area contributed by atoms with Gasteiger partial charge in [-0.25, -0.2) is 0 Å². The number of para-hydroxylation sites is 1. The molecule has 6 heteroatoms. The largest absolute Gasteiger partial charge is 0.493 e. The molecule has 2 aliphatic rings. The first-order valence-electron chi connectivity index (χ1n) is 7.16. The van der Waals surface area contributed by atoms with Crippen molar-refractivity contribution in [2.75, 3.05) is 26.3 Å². The molecule has 2 unspecified atom stereocenters. The number of rotatable bonds is 3. The van der Waals surface area contributed by atoms with Crippen LogP contribution >= 0.6 is 12.4 Å².